The van der Waals surface area contributed by atoms with Gasteiger partial charge in [0.2, 0.25) is 5.91 Å². The predicted molar refractivity (Wildman–Crippen MR) is 88.2 cm³/mol. The summed E-state index contributed by atoms with van der Waals surface area (Å²) in [6.07, 6.45) is 0. The Labute approximate surface area is 137 Å². The highest BCUT2D eigenvalue weighted by molar-refractivity contribution is 8.00. The molecule has 0 aliphatic carbocycles. The molecule has 2 aromatic carbocycles. The summed E-state index contributed by atoms with van der Waals surface area (Å²) in [7, 11) is 0. The highest BCUT2D eigenvalue weighted by Crippen LogP contribution is 2.30. The second-order valence-corrected chi connectivity index (χ2v) is 6.10. The van der Waals surface area contributed by atoms with Crippen LogP contribution in [0.15, 0.2) is 47.4 Å². The molecule has 0 saturated heterocycles. The molecular weight excluding hydrogens is 329 g/mol. The number of benzene rings is 2. The van der Waals surface area contributed by atoms with Gasteiger partial charge in [0, 0.05) is 4.90 Å². The van der Waals surface area contributed by atoms with E-state index in [1.807, 2.05) is 24.3 Å². The van der Waals surface area contributed by atoms with Gasteiger partial charge in [-0.1, -0.05) is 41.4 Å². The van der Waals surface area contributed by atoms with Crippen LogP contribution in [0.2, 0.25) is 10.0 Å². The average molecular weight is 342 g/mol. The maximum atomic E-state index is 11.9. The fourth-order valence-corrected chi connectivity index (χ4v) is 2.82. The molecule has 3 nitrogen and oxygen atoms in total. The van der Waals surface area contributed by atoms with E-state index in [4.69, 9.17) is 28.3 Å². The van der Waals surface area contributed by atoms with E-state index in [9.17, 15) is 4.79 Å². The van der Waals surface area contributed by atoms with Crippen molar-refractivity contribution < 1.29 is 9.90 Å². The van der Waals surface area contributed by atoms with Gasteiger partial charge in [0.1, 0.15) is 0 Å². The van der Waals surface area contributed by atoms with Gasteiger partial charge in [-0.3, -0.25) is 4.79 Å². The maximum Gasteiger partial charge on any atom is 0.234 e. The van der Waals surface area contributed by atoms with Crippen molar-refractivity contribution in [3.63, 3.8) is 0 Å². The van der Waals surface area contributed by atoms with Crippen LogP contribution in [0, 0.1) is 0 Å². The molecule has 2 N–H and O–H groups in total. The van der Waals surface area contributed by atoms with Crippen LogP contribution in [0.3, 0.4) is 0 Å². The fraction of sp³-hybridized carbons (Fsp3) is 0.133. The van der Waals surface area contributed by atoms with Crippen LogP contribution in [0.5, 0.6) is 0 Å². The molecule has 0 aromatic heterocycles. The molecule has 2 aromatic rings. The van der Waals surface area contributed by atoms with Crippen molar-refractivity contribution in [1.29, 1.82) is 0 Å². The number of thioether (sulfide) groups is 1. The molecule has 1 amide bonds. The molecule has 0 saturated carbocycles. The van der Waals surface area contributed by atoms with Gasteiger partial charge >= 0.3 is 0 Å². The third kappa shape index (κ3) is 4.64. The zero-order valence-corrected chi connectivity index (χ0v) is 13.3. The fourth-order valence-electron chi connectivity index (χ4n) is 1.63. The third-order valence-electron chi connectivity index (χ3n) is 2.70. The number of aliphatic hydroxyl groups excluding tert-OH is 1. The van der Waals surface area contributed by atoms with Crippen molar-refractivity contribution in [3.05, 3.63) is 58.1 Å². The highest BCUT2D eigenvalue weighted by Gasteiger charge is 2.09. The second kappa shape index (κ2) is 7.71. The first-order chi connectivity index (χ1) is 10.1. The molecule has 0 fully saturated rings. The third-order valence-corrected chi connectivity index (χ3v) is 4.35. The lowest BCUT2D eigenvalue weighted by atomic mass is 10.2. The average Bonchev–Trinajstić information content (AvgIpc) is 2.49. The van der Waals surface area contributed by atoms with Crippen LogP contribution < -0.4 is 5.32 Å². The summed E-state index contributed by atoms with van der Waals surface area (Å²) in [5.41, 5.74) is 1.27. The molecule has 0 aliphatic rings. The summed E-state index contributed by atoms with van der Waals surface area (Å²) < 4.78 is 0. The normalized spacial score (nSPS) is 10.4. The number of nitrogens with one attached hydrogen (secondary N) is 1. The summed E-state index contributed by atoms with van der Waals surface area (Å²) in [5.74, 6) is 0.0706. The molecular formula is C15H13Cl2NO2S. The molecule has 0 heterocycles. The van der Waals surface area contributed by atoms with Gasteiger partial charge in [0.05, 0.1) is 28.1 Å². The number of aliphatic hydroxyl groups is 1. The zero-order chi connectivity index (χ0) is 15.2. The Kier molecular flexibility index (Phi) is 5.94. The van der Waals surface area contributed by atoms with E-state index in [0.717, 1.165) is 10.5 Å². The first-order valence-corrected chi connectivity index (χ1v) is 7.91. The maximum absolute atomic E-state index is 11.9. The van der Waals surface area contributed by atoms with Gasteiger partial charge < -0.3 is 10.4 Å². The van der Waals surface area contributed by atoms with E-state index in [1.54, 1.807) is 18.2 Å². The Hall–Kier alpha value is -1.20. The quantitative estimate of drug-likeness (QED) is 0.800. The molecule has 21 heavy (non-hydrogen) atoms. The van der Waals surface area contributed by atoms with Crippen LogP contribution in [-0.2, 0) is 11.4 Å². The van der Waals surface area contributed by atoms with Crippen molar-refractivity contribution in [2.75, 3.05) is 11.1 Å². The molecule has 0 aliphatic heterocycles. The number of anilines is 1. The Bertz CT molecular complexity index is 612. The number of rotatable bonds is 5. The molecule has 0 unspecified atom stereocenters. The highest BCUT2D eigenvalue weighted by atomic mass is 35.5. The molecule has 2 rings (SSSR count). The molecule has 110 valence electrons. The molecule has 0 radical (unpaired) electrons. The lowest BCUT2D eigenvalue weighted by molar-refractivity contribution is -0.113. The molecule has 0 atom stereocenters. The Morgan fingerprint density at radius 2 is 1.71 bits per heavy atom. The number of hydrogen-bond donors (Lipinski definition) is 2. The van der Waals surface area contributed by atoms with Crippen LogP contribution in [-0.4, -0.2) is 16.8 Å². The number of para-hydroxylation sites is 1. The van der Waals surface area contributed by atoms with Crippen molar-refractivity contribution in [2.45, 2.75) is 11.5 Å². The number of hydrogen-bond acceptors (Lipinski definition) is 3. The molecule has 6 heteroatoms. The van der Waals surface area contributed by atoms with Crippen molar-refractivity contribution >= 4 is 46.6 Å². The van der Waals surface area contributed by atoms with Gasteiger partial charge in [-0.2, -0.15) is 0 Å². The van der Waals surface area contributed by atoms with Crippen molar-refractivity contribution in [1.82, 2.24) is 0 Å². The van der Waals surface area contributed by atoms with Gasteiger partial charge in [-0.15, -0.1) is 11.8 Å². The van der Waals surface area contributed by atoms with Crippen molar-refractivity contribution in [2.24, 2.45) is 0 Å². The number of amides is 1. The number of carbonyl (C=O) groups is 1. The standard InChI is InChI=1S/C15H13Cl2NO2S/c16-12-2-1-3-13(17)15(12)18-14(20)9-21-11-6-4-10(8-19)5-7-11/h1-7,19H,8-9H2,(H,18,20). The topological polar surface area (TPSA) is 49.3 Å². The van der Waals surface area contributed by atoms with Crippen molar-refractivity contribution in [3.8, 4) is 0 Å². The van der Waals surface area contributed by atoms with Gasteiger partial charge in [-0.25, -0.2) is 0 Å². The second-order valence-electron chi connectivity index (χ2n) is 4.24. The lowest BCUT2D eigenvalue weighted by Gasteiger charge is -2.09. The summed E-state index contributed by atoms with van der Waals surface area (Å²) in [5, 5.41) is 12.5. The van der Waals surface area contributed by atoms with E-state index >= 15 is 0 Å². The predicted octanol–water partition coefficient (Wildman–Crippen LogP) is 4.22. The van der Waals surface area contributed by atoms with Crippen LogP contribution in [0.25, 0.3) is 0 Å². The van der Waals surface area contributed by atoms with Gasteiger partial charge in [0.25, 0.3) is 0 Å². The van der Waals surface area contributed by atoms with E-state index in [0.29, 0.717) is 15.7 Å². The Morgan fingerprint density at radius 3 is 2.29 bits per heavy atom. The summed E-state index contributed by atoms with van der Waals surface area (Å²) >= 11 is 13.4. The summed E-state index contributed by atoms with van der Waals surface area (Å²) in [4.78, 5) is 12.9. The number of carbonyl (C=O) groups excluding carboxylic acids is 1. The molecule has 0 spiro atoms. The molecule has 0 bridgehead atoms. The minimum atomic E-state index is -0.179. The minimum Gasteiger partial charge on any atom is -0.392 e. The van der Waals surface area contributed by atoms with E-state index in [-0.39, 0.29) is 18.3 Å². The van der Waals surface area contributed by atoms with Gasteiger partial charge in [0.15, 0.2) is 0 Å². The summed E-state index contributed by atoms with van der Waals surface area (Å²) in [6.45, 7) is 0.0104. The Morgan fingerprint density at radius 1 is 1.10 bits per heavy atom. The summed E-state index contributed by atoms with van der Waals surface area (Å²) in [6, 6.07) is 12.4. The minimum absolute atomic E-state index is 0.0104. The van der Waals surface area contributed by atoms with Crippen LogP contribution in [0.4, 0.5) is 5.69 Å². The van der Waals surface area contributed by atoms with Crippen LogP contribution >= 0.6 is 35.0 Å². The van der Waals surface area contributed by atoms with E-state index in [2.05, 4.69) is 5.32 Å². The largest absolute Gasteiger partial charge is 0.392 e. The zero-order valence-electron chi connectivity index (χ0n) is 11.0. The first-order valence-electron chi connectivity index (χ1n) is 6.16. The van der Waals surface area contributed by atoms with E-state index < -0.39 is 0 Å². The smallest absolute Gasteiger partial charge is 0.234 e. The first kappa shape index (κ1) is 16.2. The monoisotopic (exact) mass is 341 g/mol. The van der Waals surface area contributed by atoms with Crippen LogP contribution in [0.1, 0.15) is 5.56 Å². The number of halogens is 2. The van der Waals surface area contributed by atoms with Gasteiger partial charge in [-0.05, 0) is 29.8 Å². The lowest BCUT2D eigenvalue weighted by Crippen LogP contribution is -2.14. The Balaban J connectivity index is 1.92. The van der Waals surface area contributed by atoms with E-state index in [1.165, 1.54) is 11.8 Å². The SMILES string of the molecule is O=C(CSc1ccc(CO)cc1)Nc1c(Cl)cccc1Cl.